The number of fused-ring (bicyclic) bond motifs is 1. The van der Waals surface area contributed by atoms with Crippen molar-refractivity contribution in [2.24, 2.45) is 10.7 Å². The Bertz CT molecular complexity index is 870. The van der Waals surface area contributed by atoms with Crippen LogP contribution in [0.5, 0.6) is 0 Å². The van der Waals surface area contributed by atoms with Crippen LogP contribution in [0, 0.1) is 5.82 Å². The second-order valence-electron chi connectivity index (χ2n) is 7.72. The number of nitrogens with zero attached hydrogens (tertiary/aromatic N) is 2. The molecule has 0 amide bonds. The van der Waals surface area contributed by atoms with Crippen molar-refractivity contribution in [3.8, 4) is 0 Å². The second-order valence-corrected chi connectivity index (χ2v) is 7.72. The molecule has 0 radical (unpaired) electrons. The maximum atomic E-state index is 13.8. The summed E-state index contributed by atoms with van der Waals surface area (Å²) in [5.41, 5.74) is 11.0. The fourth-order valence-electron chi connectivity index (χ4n) is 4.30. The highest BCUT2D eigenvalue weighted by molar-refractivity contribution is 14.0. The van der Waals surface area contributed by atoms with E-state index in [1.807, 2.05) is 6.07 Å². The summed E-state index contributed by atoms with van der Waals surface area (Å²) in [6.45, 7) is 3.43. The number of nitrogens with one attached hydrogen (secondary N) is 1. The molecule has 0 saturated carbocycles. The number of morpholine rings is 1. The normalized spacial score (nSPS) is 18.2. The van der Waals surface area contributed by atoms with Gasteiger partial charge in [0.2, 0.25) is 0 Å². The van der Waals surface area contributed by atoms with Crippen molar-refractivity contribution in [3.05, 3.63) is 65.0 Å². The van der Waals surface area contributed by atoms with E-state index in [1.54, 1.807) is 12.1 Å². The minimum absolute atomic E-state index is 0. The van der Waals surface area contributed by atoms with Crippen molar-refractivity contribution >= 4 is 35.6 Å². The third kappa shape index (κ3) is 5.70. The minimum Gasteiger partial charge on any atom is -0.379 e. The molecule has 1 atom stereocenters. The van der Waals surface area contributed by atoms with E-state index < -0.39 is 0 Å². The molecule has 1 aliphatic carbocycles. The predicted octanol–water partition coefficient (Wildman–Crippen LogP) is 4.12. The molecule has 5 nitrogen and oxygen atoms in total. The van der Waals surface area contributed by atoms with Crippen LogP contribution >= 0.6 is 24.0 Å². The first-order chi connectivity index (χ1) is 14.2. The van der Waals surface area contributed by atoms with E-state index in [9.17, 15) is 4.39 Å². The van der Waals surface area contributed by atoms with Crippen LogP contribution in [0.3, 0.4) is 0 Å². The molecule has 2 aromatic rings. The Morgan fingerprint density at radius 1 is 1.13 bits per heavy atom. The lowest BCUT2D eigenvalue weighted by Gasteiger charge is -2.34. The second kappa shape index (κ2) is 11.1. The van der Waals surface area contributed by atoms with E-state index in [0.29, 0.717) is 25.7 Å². The van der Waals surface area contributed by atoms with Gasteiger partial charge in [0.05, 0.1) is 25.8 Å². The molecule has 1 unspecified atom stereocenters. The van der Waals surface area contributed by atoms with Gasteiger partial charge in [-0.2, -0.15) is 0 Å². The van der Waals surface area contributed by atoms with Gasteiger partial charge in [-0.1, -0.05) is 24.3 Å². The Morgan fingerprint density at radius 3 is 2.70 bits per heavy atom. The summed E-state index contributed by atoms with van der Waals surface area (Å²) in [5, 5.41) is 3.30. The highest BCUT2D eigenvalue weighted by Crippen LogP contribution is 2.28. The van der Waals surface area contributed by atoms with Crippen LogP contribution in [0.15, 0.2) is 47.5 Å². The molecular weight excluding hydrogens is 494 g/mol. The average molecular weight is 524 g/mol. The number of nitrogens with two attached hydrogens (primary N) is 1. The summed E-state index contributed by atoms with van der Waals surface area (Å²) in [4.78, 5) is 6.92. The third-order valence-electron chi connectivity index (χ3n) is 5.81. The molecule has 3 N–H and O–H groups in total. The number of ether oxygens (including phenoxy) is 1. The zero-order chi connectivity index (χ0) is 20.1. The molecule has 2 aromatic carbocycles. The first kappa shape index (κ1) is 23.0. The lowest BCUT2D eigenvalue weighted by molar-refractivity contribution is 0.0179. The number of aryl methyl sites for hydroxylation is 1. The number of guanidine groups is 1. The van der Waals surface area contributed by atoms with E-state index in [1.165, 1.54) is 30.0 Å². The van der Waals surface area contributed by atoms with Gasteiger partial charge >= 0.3 is 0 Å². The molecule has 4 rings (SSSR count). The van der Waals surface area contributed by atoms with Gasteiger partial charge in [0.15, 0.2) is 5.96 Å². The van der Waals surface area contributed by atoms with Crippen LogP contribution in [0.1, 0.15) is 35.6 Å². The molecule has 1 fully saturated rings. The van der Waals surface area contributed by atoms with Gasteiger partial charge in [0, 0.05) is 18.8 Å². The number of halogens is 2. The van der Waals surface area contributed by atoms with E-state index in [4.69, 9.17) is 10.5 Å². The van der Waals surface area contributed by atoms with Crippen molar-refractivity contribution in [1.82, 2.24) is 4.90 Å². The van der Waals surface area contributed by atoms with Gasteiger partial charge in [-0.25, -0.2) is 4.39 Å². The van der Waals surface area contributed by atoms with Crippen molar-refractivity contribution in [2.75, 3.05) is 38.2 Å². The van der Waals surface area contributed by atoms with Crippen molar-refractivity contribution < 1.29 is 9.13 Å². The Kier molecular flexibility index (Phi) is 8.47. The molecular formula is C23H30FIN4O. The third-order valence-corrected chi connectivity index (χ3v) is 5.81. The van der Waals surface area contributed by atoms with Crippen LogP contribution in [0.2, 0.25) is 0 Å². The molecule has 1 saturated heterocycles. The van der Waals surface area contributed by atoms with Gasteiger partial charge < -0.3 is 15.8 Å². The number of hydrogen-bond donors (Lipinski definition) is 2. The summed E-state index contributed by atoms with van der Waals surface area (Å²) < 4.78 is 19.3. The SMILES string of the molecule is I.NC(=NCC(c1cccc(F)c1)N1CCOCC1)Nc1cccc2c1CCCC2. The number of hydrogen-bond acceptors (Lipinski definition) is 3. The molecule has 1 aliphatic heterocycles. The number of anilines is 1. The number of aliphatic imine (C=N–C) groups is 1. The first-order valence-corrected chi connectivity index (χ1v) is 10.5. The van der Waals surface area contributed by atoms with E-state index in [-0.39, 0.29) is 35.8 Å². The predicted molar refractivity (Wildman–Crippen MR) is 130 cm³/mol. The molecule has 162 valence electrons. The zero-order valence-corrected chi connectivity index (χ0v) is 19.5. The molecule has 0 aromatic heterocycles. The Balaban J connectivity index is 0.00000256. The topological polar surface area (TPSA) is 62.9 Å². The summed E-state index contributed by atoms with van der Waals surface area (Å²) in [6, 6.07) is 13.1. The molecule has 30 heavy (non-hydrogen) atoms. The van der Waals surface area contributed by atoms with E-state index in [2.05, 4.69) is 33.4 Å². The fourth-order valence-corrected chi connectivity index (χ4v) is 4.30. The maximum absolute atomic E-state index is 13.8. The van der Waals surface area contributed by atoms with E-state index in [0.717, 1.165) is 37.2 Å². The quantitative estimate of drug-likeness (QED) is 0.351. The highest BCUT2D eigenvalue weighted by Gasteiger charge is 2.23. The summed E-state index contributed by atoms with van der Waals surface area (Å²) in [5.74, 6) is 0.172. The largest absolute Gasteiger partial charge is 0.379 e. The zero-order valence-electron chi connectivity index (χ0n) is 17.1. The lowest BCUT2D eigenvalue weighted by atomic mass is 9.90. The number of rotatable bonds is 5. The Labute approximate surface area is 194 Å². The van der Waals surface area contributed by atoms with E-state index >= 15 is 0 Å². The smallest absolute Gasteiger partial charge is 0.193 e. The van der Waals surface area contributed by atoms with Gasteiger partial charge in [0.25, 0.3) is 0 Å². The molecule has 0 spiro atoms. The fraction of sp³-hybridized carbons (Fsp3) is 0.435. The lowest BCUT2D eigenvalue weighted by Crippen LogP contribution is -2.40. The van der Waals surface area contributed by atoms with Gasteiger partial charge in [0.1, 0.15) is 5.82 Å². The van der Waals surface area contributed by atoms with Gasteiger partial charge in [-0.05, 0) is 60.6 Å². The van der Waals surface area contributed by atoms with Crippen LogP contribution in [-0.4, -0.2) is 43.7 Å². The molecule has 2 aliphatic rings. The van der Waals surface area contributed by atoms with Gasteiger partial charge in [-0.15, -0.1) is 24.0 Å². The van der Waals surface area contributed by atoms with Gasteiger partial charge in [-0.3, -0.25) is 9.89 Å². The summed E-state index contributed by atoms with van der Waals surface area (Å²) >= 11 is 0. The van der Waals surface area contributed by atoms with Crippen molar-refractivity contribution in [1.29, 1.82) is 0 Å². The highest BCUT2D eigenvalue weighted by atomic mass is 127. The van der Waals surface area contributed by atoms with Crippen LogP contribution in [-0.2, 0) is 17.6 Å². The summed E-state index contributed by atoms with van der Waals surface area (Å²) in [7, 11) is 0. The summed E-state index contributed by atoms with van der Waals surface area (Å²) in [6.07, 6.45) is 4.66. The standard InChI is InChI=1S/C23H29FN4O.HI/c24-19-8-3-7-18(15-19)22(28-11-13-29-14-12-28)16-26-23(25)27-21-10-4-6-17-5-1-2-9-20(17)21;/h3-4,6-8,10,15,22H,1-2,5,9,11-14,16H2,(H3,25,26,27);1H. The minimum atomic E-state index is -0.230. The monoisotopic (exact) mass is 524 g/mol. The molecule has 0 bridgehead atoms. The average Bonchev–Trinajstić information content (AvgIpc) is 2.75. The van der Waals surface area contributed by atoms with Crippen LogP contribution < -0.4 is 11.1 Å². The molecule has 7 heteroatoms. The number of benzene rings is 2. The molecule has 1 heterocycles. The maximum Gasteiger partial charge on any atom is 0.193 e. The van der Waals surface area contributed by atoms with Crippen molar-refractivity contribution in [2.45, 2.75) is 31.7 Å². The Hall–Kier alpha value is -1.71. The van der Waals surface area contributed by atoms with Crippen LogP contribution in [0.25, 0.3) is 0 Å². The first-order valence-electron chi connectivity index (χ1n) is 10.5. The van der Waals surface area contributed by atoms with Crippen molar-refractivity contribution in [3.63, 3.8) is 0 Å². The Morgan fingerprint density at radius 2 is 1.90 bits per heavy atom. The van der Waals surface area contributed by atoms with Crippen LogP contribution in [0.4, 0.5) is 10.1 Å².